The first-order valence-corrected chi connectivity index (χ1v) is 6.69. The summed E-state index contributed by atoms with van der Waals surface area (Å²) in [5.41, 5.74) is 0. The van der Waals surface area contributed by atoms with E-state index in [1.165, 1.54) is 4.90 Å². The van der Waals surface area contributed by atoms with Crippen molar-refractivity contribution in [1.82, 2.24) is 10.2 Å². The van der Waals surface area contributed by atoms with Gasteiger partial charge < -0.3 is 14.4 Å². The van der Waals surface area contributed by atoms with Crippen LogP contribution in [0, 0.1) is 6.92 Å². The Morgan fingerprint density at radius 3 is 2.65 bits per heavy atom. The van der Waals surface area contributed by atoms with Gasteiger partial charge in [-0.2, -0.15) is 0 Å². The van der Waals surface area contributed by atoms with Gasteiger partial charge in [-0.05, 0) is 25.5 Å². The van der Waals surface area contributed by atoms with Crippen molar-refractivity contribution in [2.75, 3.05) is 13.6 Å². The van der Waals surface area contributed by atoms with Crippen LogP contribution in [0.4, 0.5) is 0 Å². The van der Waals surface area contributed by atoms with Crippen molar-refractivity contribution in [3.8, 4) is 0 Å². The molecule has 0 aliphatic carbocycles. The number of likely N-dealkylation sites (N-methyl/N-ethyl adjacent to an activating group) is 1. The first-order chi connectivity index (χ1) is 9.43. The molecule has 112 valence electrons. The average Bonchev–Trinajstić information content (AvgIpc) is 2.79. The normalized spacial score (nSPS) is 12.2. The molecule has 0 bridgehead atoms. The Morgan fingerprint density at radius 2 is 2.15 bits per heavy atom. The highest BCUT2D eigenvalue weighted by atomic mass is 16.4. The predicted octanol–water partition coefficient (Wildman–Crippen LogP) is 1.39. The third-order valence-electron chi connectivity index (χ3n) is 2.99. The average molecular weight is 282 g/mol. The second-order valence-electron chi connectivity index (χ2n) is 4.82. The number of hydrogen-bond acceptors (Lipinski definition) is 4. The summed E-state index contributed by atoms with van der Waals surface area (Å²) in [4.78, 5) is 24.4. The fraction of sp³-hybridized carbons (Fsp3) is 0.571. The maximum atomic E-state index is 11.9. The zero-order valence-corrected chi connectivity index (χ0v) is 12.2. The van der Waals surface area contributed by atoms with Gasteiger partial charge in [-0.25, -0.2) is 0 Å². The van der Waals surface area contributed by atoms with E-state index >= 15 is 0 Å². The summed E-state index contributed by atoms with van der Waals surface area (Å²) < 4.78 is 5.40. The number of nitrogens with zero attached hydrogens (tertiary/aromatic N) is 1. The topological polar surface area (TPSA) is 82.8 Å². The number of carbonyl (C=O) groups is 2. The first kappa shape index (κ1) is 16.2. The molecule has 0 fully saturated rings. The number of carbonyl (C=O) groups excluding carboxylic acids is 1. The molecule has 1 rings (SSSR count). The molecule has 0 saturated carbocycles. The van der Waals surface area contributed by atoms with Gasteiger partial charge in [-0.1, -0.05) is 13.3 Å². The van der Waals surface area contributed by atoms with Gasteiger partial charge in [0.25, 0.3) is 0 Å². The molecule has 0 radical (unpaired) electrons. The number of rotatable bonds is 8. The van der Waals surface area contributed by atoms with Crippen LogP contribution in [-0.4, -0.2) is 41.5 Å². The molecular weight excluding hydrogens is 260 g/mol. The lowest BCUT2D eigenvalue weighted by Gasteiger charge is -2.18. The van der Waals surface area contributed by atoms with E-state index in [1.807, 2.05) is 26.0 Å². The number of furan rings is 1. The van der Waals surface area contributed by atoms with Crippen LogP contribution < -0.4 is 5.32 Å². The molecule has 20 heavy (non-hydrogen) atoms. The van der Waals surface area contributed by atoms with Crippen LogP contribution in [0.3, 0.4) is 0 Å². The Bertz CT molecular complexity index is 456. The smallest absolute Gasteiger partial charge is 0.320 e. The van der Waals surface area contributed by atoms with E-state index in [2.05, 4.69) is 5.32 Å². The standard InChI is InChI=1S/C14H22N2O4/c1-4-5-12(14(18)19)15-8-13(17)16(3)9-11-7-6-10(2)20-11/h6-7,12,15H,4-5,8-9H2,1-3H3,(H,18,19). The number of hydrogen-bond donors (Lipinski definition) is 2. The highest BCUT2D eigenvalue weighted by Gasteiger charge is 2.18. The van der Waals surface area contributed by atoms with E-state index in [1.54, 1.807) is 7.05 Å². The van der Waals surface area contributed by atoms with Gasteiger partial charge >= 0.3 is 5.97 Å². The molecule has 0 aromatic carbocycles. The lowest BCUT2D eigenvalue weighted by molar-refractivity contribution is -0.140. The second kappa shape index (κ2) is 7.69. The lowest BCUT2D eigenvalue weighted by atomic mass is 10.1. The zero-order chi connectivity index (χ0) is 15.1. The molecule has 0 aliphatic heterocycles. The molecule has 6 nitrogen and oxygen atoms in total. The number of carboxylic acid groups (broad SMARTS) is 1. The van der Waals surface area contributed by atoms with E-state index in [4.69, 9.17) is 9.52 Å². The van der Waals surface area contributed by atoms with Crippen molar-refractivity contribution in [2.45, 2.75) is 39.3 Å². The van der Waals surface area contributed by atoms with Gasteiger partial charge in [0.15, 0.2) is 0 Å². The summed E-state index contributed by atoms with van der Waals surface area (Å²) in [6.45, 7) is 4.13. The van der Waals surface area contributed by atoms with Crippen LogP contribution in [-0.2, 0) is 16.1 Å². The SMILES string of the molecule is CCCC(NCC(=O)N(C)Cc1ccc(C)o1)C(=O)O. The van der Waals surface area contributed by atoms with Gasteiger partial charge in [0.05, 0.1) is 13.1 Å². The number of aliphatic carboxylic acids is 1. The molecule has 1 heterocycles. The zero-order valence-electron chi connectivity index (χ0n) is 12.2. The fourth-order valence-electron chi connectivity index (χ4n) is 1.84. The van der Waals surface area contributed by atoms with Gasteiger partial charge in [-0.3, -0.25) is 14.9 Å². The van der Waals surface area contributed by atoms with Crippen LogP contribution in [0.1, 0.15) is 31.3 Å². The molecule has 1 amide bonds. The Balaban J connectivity index is 2.43. The van der Waals surface area contributed by atoms with Crippen LogP contribution >= 0.6 is 0 Å². The van der Waals surface area contributed by atoms with Gasteiger partial charge in [0.2, 0.25) is 5.91 Å². The summed E-state index contributed by atoms with van der Waals surface area (Å²) in [6.07, 6.45) is 1.25. The highest BCUT2D eigenvalue weighted by Crippen LogP contribution is 2.08. The molecule has 6 heteroatoms. The molecule has 1 aromatic rings. The van der Waals surface area contributed by atoms with Crippen LogP contribution in [0.2, 0.25) is 0 Å². The molecule has 2 N–H and O–H groups in total. The monoisotopic (exact) mass is 282 g/mol. The minimum absolute atomic E-state index is 0.00710. The van der Waals surface area contributed by atoms with Gasteiger partial charge in [-0.15, -0.1) is 0 Å². The lowest BCUT2D eigenvalue weighted by Crippen LogP contribution is -2.43. The van der Waals surface area contributed by atoms with Crippen molar-refractivity contribution >= 4 is 11.9 Å². The molecule has 0 saturated heterocycles. The van der Waals surface area contributed by atoms with Crippen LogP contribution in [0.25, 0.3) is 0 Å². The molecule has 1 aromatic heterocycles. The number of nitrogens with one attached hydrogen (secondary N) is 1. The third-order valence-corrected chi connectivity index (χ3v) is 2.99. The third kappa shape index (κ3) is 5.05. The van der Waals surface area contributed by atoms with Gasteiger partial charge in [0.1, 0.15) is 17.6 Å². The van der Waals surface area contributed by atoms with Crippen molar-refractivity contribution < 1.29 is 19.1 Å². The highest BCUT2D eigenvalue weighted by molar-refractivity contribution is 5.79. The van der Waals surface area contributed by atoms with Crippen LogP contribution in [0.15, 0.2) is 16.5 Å². The van der Waals surface area contributed by atoms with E-state index in [0.717, 1.165) is 12.2 Å². The summed E-state index contributed by atoms with van der Waals surface area (Å²) in [5.74, 6) is 0.417. The van der Waals surface area contributed by atoms with Crippen LogP contribution in [0.5, 0.6) is 0 Å². The van der Waals surface area contributed by atoms with E-state index in [-0.39, 0.29) is 12.5 Å². The maximum Gasteiger partial charge on any atom is 0.320 e. The Hall–Kier alpha value is -1.82. The molecule has 1 atom stereocenters. The van der Waals surface area contributed by atoms with Crippen molar-refractivity contribution in [1.29, 1.82) is 0 Å². The quantitative estimate of drug-likeness (QED) is 0.753. The second-order valence-corrected chi connectivity index (χ2v) is 4.82. The van der Waals surface area contributed by atoms with Gasteiger partial charge in [0, 0.05) is 7.05 Å². The molecule has 0 aliphatic rings. The minimum atomic E-state index is -0.927. The maximum absolute atomic E-state index is 11.9. The summed E-state index contributed by atoms with van der Waals surface area (Å²) in [7, 11) is 1.66. The summed E-state index contributed by atoms with van der Waals surface area (Å²) >= 11 is 0. The van der Waals surface area contributed by atoms with E-state index in [9.17, 15) is 9.59 Å². The van der Waals surface area contributed by atoms with E-state index in [0.29, 0.717) is 18.7 Å². The van der Waals surface area contributed by atoms with Crippen molar-refractivity contribution in [3.63, 3.8) is 0 Å². The van der Waals surface area contributed by atoms with Crippen molar-refractivity contribution in [3.05, 3.63) is 23.7 Å². The first-order valence-electron chi connectivity index (χ1n) is 6.69. The Morgan fingerprint density at radius 1 is 1.45 bits per heavy atom. The Labute approximate surface area is 118 Å². The largest absolute Gasteiger partial charge is 0.480 e. The van der Waals surface area contributed by atoms with Crippen molar-refractivity contribution in [2.24, 2.45) is 0 Å². The number of amides is 1. The fourth-order valence-corrected chi connectivity index (χ4v) is 1.84. The summed E-state index contributed by atoms with van der Waals surface area (Å²) in [6, 6.07) is 2.99. The number of carboxylic acids is 1. The summed E-state index contributed by atoms with van der Waals surface area (Å²) in [5, 5.41) is 11.8. The molecule has 0 spiro atoms. The van der Waals surface area contributed by atoms with E-state index < -0.39 is 12.0 Å². The number of aryl methyl sites for hydroxylation is 1. The molecular formula is C14H22N2O4. The predicted molar refractivity (Wildman–Crippen MR) is 74.3 cm³/mol. The Kier molecular flexibility index (Phi) is 6.24. The molecule has 1 unspecified atom stereocenters. The minimum Gasteiger partial charge on any atom is -0.480 e.